The molecule has 2 aromatic carbocycles. The Labute approximate surface area is 103 Å². The molecule has 0 N–H and O–H groups in total. The van der Waals surface area contributed by atoms with Crippen molar-refractivity contribution >= 4 is 0 Å². The molecule has 0 aromatic heterocycles. The second kappa shape index (κ2) is 6.85. The van der Waals surface area contributed by atoms with Gasteiger partial charge in [-0.1, -0.05) is 63.2 Å². The second-order valence-electron chi connectivity index (χ2n) is 3.68. The molecule has 1 atom stereocenters. The van der Waals surface area contributed by atoms with Gasteiger partial charge in [-0.05, 0) is 23.3 Å². The Morgan fingerprint density at radius 2 is 1.24 bits per heavy atom. The highest BCUT2D eigenvalue weighted by molar-refractivity contribution is 5.31. The smallest absolute Gasteiger partial charge is 0.123 e. The van der Waals surface area contributed by atoms with Crippen molar-refractivity contribution in [3.05, 3.63) is 71.5 Å². The molecule has 1 unspecified atom stereocenters. The monoisotopic (exact) mass is 230 g/mol. The van der Waals surface area contributed by atoms with Crippen molar-refractivity contribution in [1.82, 2.24) is 0 Å². The van der Waals surface area contributed by atoms with Gasteiger partial charge in [0.1, 0.15) is 5.82 Å². The zero-order valence-corrected chi connectivity index (χ0v) is 10.7. The first kappa shape index (κ1) is 13.4. The molecule has 0 aliphatic heterocycles. The van der Waals surface area contributed by atoms with E-state index in [0.717, 1.165) is 5.56 Å². The maximum atomic E-state index is 12.8. The average molecular weight is 230 g/mol. The number of hydrogen-bond donors (Lipinski definition) is 0. The molecule has 0 saturated heterocycles. The number of rotatable bonds is 2. The molecule has 0 bridgehead atoms. The van der Waals surface area contributed by atoms with Crippen molar-refractivity contribution in [2.24, 2.45) is 0 Å². The van der Waals surface area contributed by atoms with E-state index in [4.69, 9.17) is 0 Å². The molecular formula is C16H19F. The van der Waals surface area contributed by atoms with Crippen molar-refractivity contribution in [1.29, 1.82) is 0 Å². The predicted molar refractivity (Wildman–Crippen MR) is 71.7 cm³/mol. The van der Waals surface area contributed by atoms with Crippen LogP contribution in [0.5, 0.6) is 0 Å². The Kier molecular flexibility index (Phi) is 5.41. The molecule has 0 aliphatic carbocycles. The van der Waals surface area contributed by atoms with Gasteiger partial charge in [0, 0.05) is 5.92 Å². The summed E-state index contributed by atoms with van der Waals surface area (Å²) in [4.78, 5) is 0. The largest absolute Gasteiger partial charge is 0.207 e. The van der Waals surface area contributed by atoms with Crippen molar-refractivity contribution in [3.8, 4) is 0 Å². The normalized spacial score (nSPS) is 11.3. The minimum Gasteiger partial charge on any atom is -0.207 e. The molecular weight excluding hydrogens is 211 g/mol. The van der Waals surface area contributed by atoms with E-state index in [1.165, 1.54) is 17.7 Å². The zero-order chi connectivity index (χ0) is 12.7. The van der Waals surface area contributed by atoms with Crippen LogP contribution in [0.3, 0.4) is 0 Å². The lowest BCUT2D eigenvalue weighted by Gasteiger charge is -2.11. The first-order valence-electron chi connectivity index (χ1n) is 6.08. The Hall–Kier alpha value is -1.63. The highest BCUT2D eigenvalue weighted by Gasteiger charge is 2.07. The van der Waals surface area contributed by atoms with Crippen LogP contribution in [-0.4, -0.2) is 0 Å². The van der Waals surface area contributed by atoms with Gasteiger partial charge >= 0.3 is 0 Å². The Morgan fingerprint density at radius 1 is 0.765 bits per heavy atom. The van der Waals surface area contributed by atoms with Gasteiger partial charge in [-0.15, -0.1) is 0 Å². The fourth-order valence-electron chi connectivity index (χ4n) is 1.69. The van der Waals surface area contributed by atoms with E-state index in [1.807, 2.05) is 44.2 Å². The number of benzene rings is 2. The lowest BCUT2D eigenvalue weighted by Crippen LogP contribution is -1.95. The summed E-state index contributed by atoms with van der Waals surface area (Å²) in [7, 11) is 0. The molecule has 0 radical (unpaired) electrons. The maximum absolute atomic E-state index is 12.8. The van der Waals surface area contributed by atoms with Gasteiger partial charge in [-0.25, -0.2) is 4.39 Å². The first-order chi connectivity index (χ1) is 8.27. The summed E-state index contributed by atoms with van der Waals surface area (Å²) in [6, 6.07) is 16.9. The van der Waals surface area contributed by atoms with Crippen LogP contribution in [0.15, 0.2) is 54.6 Å². The van der Waals surface area contributed by atoms with Gasteiger partial charge in [-0.2, -0.15) is 0 Å². The van der Waals surface area contributed by atoms with Crippen LogP contribution in [0.1, 0.15) is 37.8 Å². The van der Waals surface area contributed by atoms with Gasteiger partial charge in [0.05, 0.1) is 0 Å². The molecule has 0 amide bonds. The second-order valence-corrected chi connectivity index (χ2v) is 3.68. The van der Waals surface area contributed by atoms with Gasteiger partial charge in [0.2, 0.25) is 0 Å². The van der Waals surface area contributed by atoms with Crippen molar-refractivity contribution < 1.29 is 4.39 Å². The molecule has 0 spiro atoms. The molecule has 0 nitrogen and oxygen atoms in total. The van der Waals surface area contributed by atoms with Crippen LogP contribution < -0.4 is 0 Å². The van der Waals surface area contributed by atoms with Crippen LogP contribution in [0.2, 0.25) is 0 Å². The molecule has 2 aromatic rings. The zero-order valence-electron chi connectivity index (χ0n) is 10.7. The molecule has 0 fully saturated rings. The van der Waals surface area contributed by atoms with Crippen LogP contribution in [0.25, 0.3) is 0 Å². The quantitative estimate of drug-likeness (QED) is 0.680. The lowest BCUT2D eigenvalue weighted by atomic mass is 9.93. The highest BCUT2D eigenvalue weighted by atomic mass is 19.1. The molecule has 17 heavy (non-hydrogen) atoms. The summed E-state index contributed by atoms with van der Waals surface area (Å²) in [6.07, 6.45) is 0. The first-order valence-corrected chi connectivity index (χ1v) is 6.08. The minimum absolute atomic E-state index is 0.181. The predicted octanol–water partition coefficient (Wildman–Crippen LogP) is 5.00. The summed E-state index contributed by atoms with van der Waals surface area (Å²) in [5, 5.41) is 0. The summed E-state index contributed by atoms with van der Waals surface area (Å²) in [5.74, 6) is 0.130. The number of halogens is 1. The van der Waals surface area contributed by atoms with E-state index in [-0.39, 0.29) is 5.82 Å². The third-order valence-corrected chi connectivity index (χ3v) is 2.67. The topological polar surface area (TPSA) is 0 Å². The van der Waals surface area contributed by atoms with E-state index < -0.39 is 0 Å². The molecule has 0 heterocycles. The minimum atomic E-state index is -0.181. The van der Waals surface area contributed by atoms with Crippen LogP contribution in [0, 0.1) is 5.82 Å². The standard InChI is InChI=1S/C14H13F.C2H6/c1-11(12-5-3-2-4-6-12)13-7-9-14(15)10-8-13;1-2/h2-11H,1H3;1-2H3. The van der Waals surface area contributed by atoms with Crippen LogP contribution in [-0.2, 0) is 0 Å². The Balaban J connectivity index is 0.000000686. The summed E-state index contributed by atoms with van der Waals surface area (Å²) >= 11 is 0. The van der Waals surface area contributed by atoms with E-state index in [1.54, 1.807) is 0 Å². The maximum Gasteiger partial charge on any atom is 0.123 e. The van der Waals surface area contributed by atoms with Crippen LogP contribution in [0.4, 0.5) is 4.39 Å². The van der Waals surface area contributed by atoms with Crippen molar-refractivity contribution in [3.63, 3.8) is 0 Å². The van der Waals surface area contributed by atoms with Gasteiger partial charge in [0.15, 0.2) is 0 Å². The summed E-state index contributed by atoms with van der Waals surface area (Å²) in [6.45, 7) is 6.13. The molecule has 90 valence electrons. The van der Waals surface area contributed by atoms with Gasteiger partial charge in [-0.3, -0.25) is 0 Å². The van der Waals surface area contributed by atoms with Gasteiger partial charge < -0.3 is 0 Å². The third-order valence-electron chi connectivity index (χ3n) is 2.67. The van der Waals surface area contributed by atoms with Crippen molar-refractivity contribution in [2.45, 2.75) is 26.7 Å². The van der Waals surface area contributed by atoms with Crippen molar-refractivity contribution in [2.75, 3.05) is 0 Å². The third kappa shape index (κ3) is 3.70. The Morgan fingerprint density at radius 3 is 1.76 bits per heavy atom. The summed E-state index contributed by atoms with van der Waals surface area (Å²) < 4.78 is 12.8. The Bertz CT molecular complexity index is 417. The summed E-state index contributed by atoms with van der Waals surface area (Å²) in [5.41, 5.74) is 2.40. The fraction of sp³-hybridized carbons (Fsp3) is 0.250. The van der Waals surface area contributed by atoms with E-state index in [2.05, 4.69) is 19.1 Å². The fourth-order valence-corrected chi connectivity index (χ4v) is 1.69. The molecule has 0 saturated carbocycles. The number of hydrogen-bond acceptors (Lipinski definition) is 0. The van der Waals surface area contributed by atoms with Crippen LogP contribution >= 0.6 is 0 Å². The van der Waals surface area contributed by atoms with E-state index >= 15 is 0 Å². The molecule has 2 rings (SSSR count). The van der Waals surface area contributed by atoms with E-state index in [9.17, 15) is 4.39 Å². The molecule has 1 heteroatoms. The lowest BCUT2D eigenvalue weighted by molar-refractivity contribution is 0.626. The van der Waals surface area contributed by atoms with E-state index in [0.29, 0.717) is 5.92 Å². The SMILES string of the molecule is CC.CC(c1ccccc1)c1ccc(F)cc1. The highest BCUT2D eigenvalue weighted by Crippen LogP contribution is 2.23. The average Bonchev–Trinajstić information content (AvgIpc) is 2.42. The van der Waals surface area contributed by atoms with Gasteiger partial charge in [0.25, 0.3) is 0 Å². The molecule has 0 aliphatic rings.